The molecule has 0 saturated carbocycles. The van der Waals surface area contributed by atoms with E-state index < -0.39 is 5.91 Å². The summed E-state index contributed by atoms with van der Waals surface area (Å²) in [4.78, 5) is 24.1. The Morgan fingerprint density at radius 2 is 1.84 bits per heavy atom. The zero-order valence-electron chi connectivity index (χ0n) is 10.7. The molecule has 0 fully saturated rings. The van der Waals surface area contributed by atoms with Gasteiger partial charge in [-0.25, -0.2) is 0 Å². The van der Waals surface area contributed by atoms with Crippen LogP contribution in [0.5, 0.6) is 5.75 Å². The van der Waals surface area contributed by atoms with Gasteiger partial charge in [-0.15, -0.1) is 0 Å². The van der Waals surface area contributed by atoms with Crippen molar-refractivity contribution in [1.82, 2.24) is 0 Å². The molecule has 2 amide bonds. The molecular weight excluding hydrogens is 244 g/mol. The fraction of sp³-hybridized carbons (Fsp3) is 0.143. The van der Waals surface area contributed by atoms with Crippen LogP contribution in [0.25, 0.3) is 10.8 Å². The van der Waals surface area contributed by atoms with Crippen LogP contribution in [0.2, 0.25) is 0 Å². The molecule has 0 heterocycles. The van der Waals surface area contributed by atoms with Crippen LogP contribution in [0.1, 0.15) is 17.3 Å². The second-order valence-electron chi connectivity index (χ2n) is 4.28. The van der Waals surface area contributed by atoms with Crippen molar-refractivity contribution < 1.29 is 14.7 Å². The molecule has 0 bridgehead atoms. The van der Waals surface area contributed by atoms with Crippen LogP contribution in [-0.4, -0.2) is 24.0 Å². The first kappa shape index (κ1) is 12.9. The Bertz CT molecular complexity index is 680. The first-order chi connectivity index (χ1) is 8.93. The number of aromatic hydroxyl groups is 1. The van der Waals surface area contributed by atoms with E-state index in [9.17, 15) is 14.7 Å². The number of hydrogen-bond donors (Lipinski definition) is 2. The van der Waals surface area contributed by atoms with Crippen molar-refractivity contribution in [3.8, 4) is 5.75 Å². The third kappa shape index (κ3) is 2.10. The fourth-order valence-electron chi connectivity index (χ4n) is 1.99. The molecule has 5 nitrogen and oxygen atoms in total. The average Bonchev–Trinajstić information content (AvgIpc) is 2.37. The second-order valence-corrected chi connectivity index (χ2v) is 4.28. The molecule has 5 heteroatoms. The summed E-state index contributed by atoms with van der Waals surface area (Å²) in [6.07, 6.45) is 0. The van der Waals surface area contributed by atoms with Gasteiger partial charge in [0.2, 0.25) is 5.91 Å². The van der Waals surface area contributed by atoms with E-state index in [1.165, 1.54) is 17.9 Å². The molecule has 2 rings (SSSR count). The number of nitrogens with two attached hydrogens (primary N) is 1. The highest BCUT2D eigenvalue weighted by Gasteiger charge is 2.15. The Morgan fingerprint density at radius 3 is 2.42 bits per heavy atom. The SMILES string of the molecule is CC(=O)N(C)c1cccc2c(O)c(C(N)=O)ccc12. The summed E-state index contributed by atoms with van der Waals surface area (Å²) in [6, 6.07) is 8.28. The van der Waals surface area contributed by atoms with Gasteiger partial charge in [0, 0.05) is 24.7 Å². The van der Waals surface area contributed by atoms with Crippen molar-refractivity contribution in [2.45, 2.75) is 6.92 Å². The van der Waals surface area contributed by atoms with E-state index in [1.54, 1.807) is 31.3 Å². The molecule has 2 aromatic rings. The van der Waals surface area contributed by atoms with Gasteiger partial charge < -0.3 is 15.7 Å². The van der Waals surface area contributed by atoms with Crippen molar-refractivity contribution >= 4 is 28.3 Å². The minimum atomic E-state index is -0.690. The summed E-state index contributed by atoms with van der Waals surface area (Å²) in [5.74, 6) is -0.973. The summed E-state index contributed by atoms with van der Waals surface area (Å²) in [6.45, 7) is 1.45. The summed E-state index contributed by atoms with van der Waals surface area (Å²) in [5, 5.41) is 11.2. The summed E-state index contributed by atoms with van der Waals surface area (Å²) >= 11 is 0. The van der Waals surface area contributed by atoms with E-state index in [1.807, 2.05) is 0 Å². The van der Waals surface area contributed by atoms with Crippen LogP contribution in [0.4, 0.5) is 5.69 Å². The Hall–Kier alpha value is -2.56. The number of anilines is 1. The van der Waals surface area contributed by atoms with Crippen molar-refractivity contribution in [3.05, 3.63) is 35.9 Å². The molecule has 0 aliphatic rings. The van der Waals surface area contributed by atoms with Gasteiger partial charge in [0.1, 0.15) is 5.75 Å². The maximum atomic E-state index is 11.4. The third-order valence-corrected chi connectivity index (χ3v) is 3.11. The molecule has 0 aliphatic heterocycles. The molecule has 19 heavy (non-hydrogen) atoms. The van der Waals surface area contributed by atoms with Crippen molar-refractivity contribution in [2.24, 2.45) is 5.73 Å². The van der Waals surface area contributed by atoms with Crippen LogP contribution >= 0.6 is 0 Å². The highest BCUT2D eigenvalue weighted by atomic mass is 16.3. The standard InChI is InChI=1S/C14H14N2O3/c1-8(17)16(2)12-5-3-4-10-9(12)6-7-11(13(10)18)14(15)19/h3-7,18H,1-2H3,(H2,15,19). The van der Waals surface area contributed by atoms with Gasteiger partial charge in [-0.2, -0.15) is 0 Å². The largest absolute Gasteiger partial charge is 0.506 e. The number of carbonyl (C=O) groups excluding carboxylic acids is 2. The highest BCUT2D eigenvalue weighted by Crippen LogP contribution is 2.34. The maximum absolute atomic E-state index is 11.4. The Balaban J connectivity index is 2.75. The Labute approximate surface area is 110 Å². The molecule has 2 aromatic carbocycles. The van der Waals surface area contributed by atoms with Crippen molar-refractivity contribution in [1.29, 1.82) is 0 Å². The lowest BCUT2D eigenvalue weighted by Gasteiger charge is -2.18. The minimum absolute atomic E-state index is 0.0649. The van der Waals surface area contributed by atoms with Crippen molar-refractivity contribution in [3.63, 3.8) is 0 Å². The second kappa shape index (κ2) is 4.61. The van der Waals surface area contributed by atoms with Crippen LogP contribution < -0.4 is 10.6 Å². The number of fused-ring (bicyclic) bond motifs is 1. The molecule has 0 aliphatic carbocycles. The maximum Gasteiger partial charge on any atom is 0.252 e. The summed E-state index contributed by atoms with van der Waals surface area (Å²) < 4.78 is 0. The lowest BCUT2D eigenvalue weighted by molar-refractivity contribution is -0.116. The van der Waals surface area contributed by atoms with E-state index in [-0.39, 0.29) is 17.2 Å². The average molecular weight is 258 g/mol. The number of rotatable bonds is 2. The van der Waals surface area contributed by atoms with E-state index in [0.29, 0.717) is 16.5 Å². The van der Waals surface area contributed by atoms with E-state index >= 15 is 0 Å². The van der Waals surface area contributed by atoms with Crippen LogP contribution in [-0.2, 0) is 4.79 Å². The predicted octanol–water partition coefficient (Wildman–Crippen LogP) is 1.63. The third-order valence-electron chi connectivity index (χ3n) is 3.11. The Kier molecular flexibility index (Phi) is 3.12. The van der Waals surface area contributed by atoms with Gasteiger partial charge in [-0.1, -0.05) is 18.2 Å². The zero-order chi connectivity index (χ0) is 14.2. The monoisotopic (exact) mass is 258 g/mol. The first-order valence-corrected chi connectivity index (χ1v) is 5.72. The summed E-state index contributed by atoms with van der Waals surface area (Å²) in [7, 11) is 1.65. The topological polar surface area (TPSA) is 83.6 Å². The Morgan fingerprint density at radius 1 is 1.16 bits per heavy atom. The number of carbonyl (C=O) groups is 2. The molecule has 0 radical (unpaired) electrons. The molecule has 0 atom stereocenters. The van der Waals surface area contributed by atoms with E-state index in [4.69, 9.17) is 5.73 Å². The van der Waals surface area contributed by atoms with E-state index in [0.717, 1.165) is 0 Å². The minimum Gasteiger partial charge on any atom is -0.506 e. The van der Waals surface area contributed by atoms with Crippen LogP contribution in [0.3, 0.4) is 0 Å². The lowest BCUT2D eigenvalue weighted by atomic mass is 10.0. The molecule has 0 aromatic heterocycles. The van der Waals surface area contributed by atoms with Crippen LogP contribution in [0.15, 0.2) is 30.3 Å². The zero-order valence-corrected chi connectivity index (χ0v) is 10.7. The lowest BCUT2D eigenvalue weighted by Crippen LogP contribution is -2.23. The van der Waals surface area contributed by atoms with Gasteiger partial charge in [-0.05, 0) is 12.1 Å². The molecule has 0 unspecified atom stereocenters. The predicted molar refractivity (Wildman–Crippen MR) is 73.2 cm³/mol. The van der Waals surface area contributed by atoms with Gasteiger partial charge >= 0.3 is 0 Å². The number of benzene rings is 2. The van der Waals surface area contributed by atoms with Gasteiger partial charge in [0.25, 0.3) is 5.91 Å². The van der Waals surface area contributed by atoms with Gasteiger partial charge in [0.05, 0.1) is 11.3 Å². The quantitative estimate of drug-likeness (QED) is 0.858. The number of hydrogen-bond acceptors (Lipinski definition) is 3. The molecule has 0 spiro atoms. The van der Waals surface area contributed by atoms with Crippen LogP contribution in [0, 0.1) is 0 Å². The molecular formula is C14H14N2O3. The van der Waals surface area contributed by atoms with Gasteiger partial charge in [-0.3, -0.25) is 9.59 Å². The van der Waals surface area contributed by atoms with E-state index in [2.05, 4.69) is 0 Å². The fourth-order valence-corrected chi connectivity index (χ4v) is 1.99. The molecule has 3 N–H and O–H groups in total. The van der Waals surface area contributed by atoms with Gasteiger partial charge in [0.15, 0.2) is 0 Å². The number of nitrogens with zero attached hydrogens (tertiary/aromatic N) is 1. The normalized spacial score (nSPS) is 10.4. The van der Waals surface area contributed by atoms with Crippen molar-refractivity contribution in [2.75, 3.05) is 11.9 Å². The highest BCUT2D eigenvalue weighted by molar-refractivity contribution is 6.08. The first-order valence-electron chi connectivity index (χ1n) is 5.72. The number of primary amides is 1. The smallest absolute Gasteiger partial charge is 0.252 e. The molecule has 98 valence electrons. The molecule has 0 saturated heterocycles. The summed E-state index contributed by atoms with van der Waals surface area (Å²) in [5.41, 5.74) is 5.92. The number of amides is 2. The number of phenols is 1.